The molecule has 0 bridgehead atoms. The van der Waals surface area contributed by atoms with Crippen LogP contribution in [0, 0.1) is 18.3 Å². The molecule has 1 aromatic heterocycles. The molecule has 1 atom stereocenters. The van der Waals surface area contributed by atoms with Gasteiger partial charge in [-0.1, -0.05) is 23.7 Å². The number of furan rings is 1. The predicted octanol–water partition coefficient (Wildman–Crippen LogP) is 3.88. The molecule has 0 spiro atoms. The summed E-state index contributed by atoms with van der Waals surface area (Å²) in [5.74, 6) is -0.308. The zero-order valence-electron chi connectivity index (χ0n) is 16.2. The molecule has 3 rings (SSSR count). The van der Waals surface area contributed by atoms with Crippen molar-refractivity contribution in [3.05, 3.63) is 63.4 Å². The van der Waals surface area contributed by atoms with E-state index < -0.39 is 17.9 Å². The van der Waals surface area contributed by atoms with Crippen molar-refractivity contribution in [3.8, 4) is 17.4 Å². The van der Waals surface area contributed by atoms with E-state index in [0.717, 1.165) is 16.0 Å². The number of nitrogens with zero attached hydrogens (tertiary/aromatic N) is 2. The van der Waals surface area contributed by atoms with Crippen molar-refractivity contribution in [2.45, 2.75) is 26.9 Å². The number of benzene rings is 1. The van der Waals surface area contributed by atoms with E-state index in [0.29, 0.717) is 16.5 Å². The van der Waals surface area contributed by atoms with E-state index in [1.54, 1.807) is 25.1 Å². The first-order valence-corrected chi connectivity index (χ1v) is 9.35. The van der Waals surface area contributed by atoms with E-state index in [-0.39, 0.29) is 23.3 Å². The number of hydrogen-bond acceptors (Lipinski definition) is 5. The molecule has 1 aromatic carbocycles. The van der Waals surface area contributed by atoms with Crippen LogP contribution in [0.5, 0.6) is 0 Å². The largest absolute Gasteiger partial charge is 0.457 e. The fraction of sp³-hybridized carbons (Fsp3) is 0.227. The molecule has 7 heteroatoms. The van der Waals surface area contributed by atoms with Gasteiger partial charge in [-0.05, 0) is 56.2 Å². The van der Waals surface area contributed by atoms with Gasteiger partial charge in [0, 0.05) is 16.2 Å². The Labute approximate surface area is 173 Å². The van der Waals surface area contributed by atoms with Crippen molar-refractivity contribution in [1.29, 1.82) is 5.26 Å². The van der Waals surface area contributed by atoms with Gasteiger partial charge in [0.1, 0.15) is 23.2 Å². The number of imide groups is 1. The van der Waals surface area contributed by atoms with Crippen LogP contribution in [0.1, 0.15) is 25.2 Å². The van der Waals surface area contributed by atoms with Gasteiger partial charge in [-0.2, -0.15) is 5.26 Å². The molecule has 0 saturated heterocycles. The maximum absolute atomic E-state index is 12.8. The Hall–Kier alpha value is -3.14. The van der Waals surface area contributed by atoms with Crippen LogP contribution >= 0.6 is 11.6 Å². The van der Waals surface area contributed by atoms with E-state index in [9.17, 15) is 20.0 Å². The van der Waals surface area contributed by atoms with Crippen LogP contribution in [0.3, 0.4) is 0 Å². The number of carbonyl (C=O) groups is 2. The molecule has 1 aliphatic heterocycles. The Kier molecular flexibility index (Phi) is 5.73. The van der Waals surface area contributed by atoms with Crippen LogP contribution < -0.4 is 0 Å². The lowest BCUT2D eigenvalue weighted by Crippen LogP contribution is -2.45. The summed E-state index contributed by atoms with van der Waals surface area (Å²) >= 11 is 6.17. The standard InChI is InChI=1S/C22H19ClN2O4/c1-12(26)11-25-21(27)17(13(2)18(10-24)22(25)28)9-15-7-8-20(29-15)16-5-4-6-19(23)14(16)3/h4-9,12,26H,11H2,1-3H3/b17-9+/t12-/m1/s1. The second-order valence-electron chi connectivity index (χ2n) is 6.85. The molecule has 0 unspecified atom stereocenters. The predicted molar refractivity (Wildman–Crippen MR) is 109 cm³/mol. The van der Waals surface area contributed by atoms with Crippen molar-refractivity contribution >= 4 is 29.5 Å². The summed E-state index contributed by atoms with van der Waals surface area (Å²) < 4.78 is 5.87. The van der Waals surface area contributed by atoms with E-state index >= 15 is 0 Å². The van der Waals surface area contributed by atoms with Gasteiger partial charge in [0.05, 0.1) is 12.6 Å². The highest BCUT2D eigenvalue weighted by Gasteiger charge is 2.36. The molecule has 2 heterocycles. The summed E-state index contributed by atoms with van der Waals surface area (Å²) in [4.78, 5) is 26.1. The van der Waals surface area contributed by atoms with Gasteiger partial charge in [-0.15, -0.1) is 0 Å². The van der Waals surface area contributed by atoms with Crippen LogP contribution in [0.2, 0.25) is 5.02 Å². The second-order valence-corrected chi connectivity index (χ2v) is 7.26. The zero-order valence-corrected chi connectivity index (χ0v) is 16.9. The third-order valence-corrected chi connectivity index (χ3v) is 5.13. The normalized spacial score (nSPS) is 17.1. The Bertz CT molecular complexity index is 1100. The topological polar surface area (TPSA) is 94.5 Å². The molecular weight excluding hydrogens is 392 g/mol. The maximum Gasteiger partial charge on any atom is 0.271 e. The minimum Gasteiger partial charge on any atom is -0.457 e. The summed E-state index contributed by atoms with van der Waals surface area (Å²) in [6, 6.07) is 10.8. The number of rotatable bonds is 4. The molecule has 0 aliphatic carbocycles. The number of aliphatic hydroxyl groups is 1. The van der Waals surface area contributed by atoms with Gasteiger partial charge in [-0.3, -0.25) is 14.5 Å². The first-order valence-electron chi connectivity index (χ1n) is 8.97. The highest BCUT2D eigenvalue weighted by Crippen LogP contribution is 2.32. The van der Waals surface area contributed by atoms with E-state index in [1.807, 2.05) is 25.1 Å². The Morgan fingerprint density at radius 1 is 1.24 bits per heavy atom. The minimum atomic E-state index is -0.913. The number of nitriles is 1. The molecular formula is C22H19ClN2O4. The molecule has 1 aliphatic rings. The number of aliphatic hydroxyl groups excluding tert-OH is 1. The fourth-order valence-corrected chi connectivity index (χ4v) is 3.33. The maximum atomic E-state index is 12.8. The monoisotopic (exact) mass is 410 g/mol. The van der Waals surface area contributed by atoms with Crippen LogP contribution in [0.25, 0.3) is 17.4 Å². The lowest BCUT2D eigenvalue weighted by molar-refractivity contribution is -0.141. The van der Waals surface area contributed by atoms with Crippen molar-refractivity contribution in [2.75, 3.05) is 6.54 Å². The van der Waals surface area contributed by atoms with E-state index in [2.05, 4.69) is 0 Å². The quantitative estimate of drug-likeness (QED) is 0.609. The lowest BCUT2D eigenvalue weighted by atomic mass is 9.94. The first-order chi connectivity index (χ1) is 13.7. The molecule has 29 heavy (non-hydrogen) atoms. The molecule has 0 radical (unpaired) electrons. The fourth-order valence-electron chi connectivity index (χ4n) is 3.15. The van der Waals surface area contributed by atoms with Crippen molar-refractivity contribution in [2.24, 2.45) is 0 Å². The van der Waals surface area contributed by atoms with Gasteiger partial charge in [0.2, 0.25) is 0 Å². The van der Waals surface area contributed by atoms with Crippen molar-refractivity contribution in [1.82, 2.24) is 4.90 Å². The Morgan fingerprint density at radius 2 is 1.97 bits per heavy atom. The molecule has 0 saturated carbocycles. The minimum absolute atomic E-state index is 0.131. The highest BCUT2D eigenvalue weighted by molar-refractivity contribution is 6.31. The molecule has 2 amide bonds. The summed E-state index contributed by atoms with van der Waals surface area (Å²) in [7, 11) is 0. The SMILES string of the molecule is CC1=C(C#N)C(=O)N(C[C@@H](C)O)C(=O)/C1=C/c1ccc(-c2cccc(Cl)c2C)o1. The molecule has 1 N–H and O–H groups in total. The van der Waals surface area contributed by atoms with Crippen LogP contribution in [-0.2, 0) is 9.59 Å². The Balaban J connectivity index is 2.05. The van der Waals surface area contributed by atoms with E-state index in [1.165, 1.54) is 13.0 Å². The Morgan fingerprint density at radius 3 is 2.62 bits per heavy atom. The zero-order chi connectivity index (χ0) is 21.3. The third kappa shape index (κ3) is 3.88. The number of halogens is 1. The van der Waals surface area contributed by atoms with Crippen LogP contribution in [-0.4, -0.2) is 34.5 Å². The summed E-state index contributed by atoms with van der Waals surface area (Å²) in [6.45, 7) is 4.70. The number of carbonyl (C=O) groups excluding carboxylic acids is 2. The lowest BCUT2D eigenvalue weighted by Gasteiger charge is -2.28. The number of amides is 2. The summed E-state index contributed by atoms with van der Waals surface area (Å²) in [6.07, 6.45) is 0.586. The average Bonchev–Trinajstić information content (AvgIpc) is 3.13. The van der Waals surface area contributed by atoms with Crippen LogP contribution in [0.15, 0.2) is 51.5 Å². The molecule has 0 fully saturated rings. The second kappa shape index (κ2) is 8.08. The van der Waals surface area contributed by atoms with Crippen molar-refractivity contribution in [3.63, 3.8) is 0 Å². The third-order valence-electron chi connectivity index (χ3n) is 4.72. The van der Waals surface area contributed by atoms with Gasteiger partial charge >= 0.3 is 0 Å². The highest BCUT2D eigenvalue weighted by atomic mass is 35.5. The molecule has 6 nitrogen and oxygen atoms in total. The van der Waals surface area contributed by atoms with Gasteiger partial charge < -0.3 is 9.52 Å². The molecule has 2 aromatic rings. The van der Waals surface area contributed by atoms with Gasteiger partial charge in [0.25, 0.3) is 11.8 Å². The van der Waals surface area contributed by atoms with Gasteiger partial charge in [-0.25, -0.2) is 0 Å². The van der Waals surface area contributed by atoms with Crippen molar-refractivity contribution < 1.29 is 19.1 Å². The van der Waals surface area contributed by atoms with Crippen LogP contribution in [0.4, 0.5) is 0 Å². The average molecular weight is 411 g/mol. The first kappa shape index (κ1) is 20.6. The van der Waals surface area contributed by atoms with Gasteiger partial charge in [0.15, 0.2) is 0 Å². The summed E-state index contributed by atoms with van der Waals surface area (Å²) in [5.41, 5.74) is 2.02. The smallest absolute Gasteiger partial charge is 0.271 e. The number of β-amino-alcohol motifs (C(OH)–C–C–N with tert-alkyl or cyclic N) is 1. The number of hydrogen-bond donors (Lipinski definition) is 1. The van der Waals surface area contributed by atoms with E-state index in [4.69, 9.17) is 16.0 Å². The molecule has 148 valence electrons. The summed E-state index contributed by atoms with van der Waals surface area (Å²) in [5, 5.41) is 19.6.